The molecule has 0 fully saturated rings. The molecule has 134 valence electrons. The first-order valence-electron chi connectivity index (χ1n) is 9.27. The summed E-state index contributed by atoms with van der Waals surface area (Å²) in [6.45, 7) is 9.09. The molecule has 1 atom stereocenters. The van der Waals surface area contributed by atoms with Gasteiger partial charge in [0, 0.05) is 30.4 Å². The second kappa shape index (κ2) is 5.94. The number of rotatable bonds is 3. The molecule has 3 aromatic rings. The van der Waals surface area contributed by atoms with Gasteiger partial charge in [0.2, 0.25) is 0 Å². The monoisotopic (exact) mass is 345 g/mol. The molecule has 0 unspecified atom stereocenters. The van der Waals surface area contributed by atoms with Crippen molar-refractivity contribution in [3.8, 4) is 0 Å². The highest BCUT2D eigenvalue weighted by Crippen LogP contribution is 2.38. The molecule has 0 N–H and O–H groups in total. The van der Waals surface area contributed by atoms with Crippen LogP contribution in [0.5, 0.6) is 0 Å². The van der Waals surface area contributed by atoms with E-state index in [9.17, 15) is 0 Å². The van der Waals surface area contributed by atoms with Crippen LogP contribution in [0.4, 0.5) is 5.82 Å². The van der Waals surface area contributed by atoms with E-state index < -0.39 is 0 Å². The van der Waals surface area contributed by atoms with E-state index in [2.05, 4.69) is 116 Å². The van der Waals surface area contributed by atoms with Crippen LogP contribution in [0.25, 0.3) is 10.9 Å². The van der Waals surface area contributed by atoms with Gasteiger partial charge in [-0.15, -0.1) is 0 Å². The Labute approximate surface area is 156 Å². The number of hydrogen-bond donors (Lipinski definition) is 0. The van der Waals surface area contributed by atoms with Crippen molar-refractivity contribution in [1.82, 2.24) is 9.47 Å². The molecule has 1 aromatic heterocycles. The van der Waals surface area contributed by atoms with E-state index in [4.69, 9.17) is 0 Å². The number of fused-ring (bicyclic) bond motifs is 1. The SMILES string of the molecule is Cc1ccccc1C(C)(C)N1C=CN(c2cc3ccccc3n2C)[C@H]1C. The Kier molecular flexibility index (Phi) is 3.83. The van der Waals surface area contributed by atoms with Gasteiger partial charge in [-0.25, -0.2) is 0 Å². The second-order valence-corrected chi connectivity index (χ2v) is 7.74. The highest BCUT2D eigenvalue weighted by molar-refractivity contribution is 5.85. The van der Waals surface area contributed by atoms with E-state index in [0.717, 1.165) is 0 Å². The molecule has 0 radical (unpaired) electrons. The Balaban J connectivity index is 1.70. The van der Waals surface area contributed by atoms with Crippen molar-refractivity contribution in [3.63, 3.8) is 0 Å². The van der Waals surface area contributed by atoms with Gasteiger partial charge in [0.1, 0.15) is 12.0 Å². The van der Waals surface area contributed by atoms with Gasteiger partial charge in [-0.3, -0.25) is 0 Å². The van der Waals surface area contributed by atoms with Crippen LogP contribution in [0.3, 0.4) is 0 Å². The number of benzene rings is 2. The van der Waals surface area contributed by atoms with E-state index in [-0.39, 0.29) is 11.7 Å². The predicted octanol–water partition coefficient (Wildman–Crippen LogP) is 5.36. The Morgan fingerprint density at radius 1 is 0.923 bits per heavy atom. The highest BCUT2D eigenvalue weighted by atomic mass is 15.4. The summed E-state index contributed by atoms with van der Waals surface area (Å²) in [7, 11) is 2.15. The quantitative estimate of drug-likeness (QED) is 0.633. The Morgan fingerprint density at radius 2 is 1.62 bits per heavy atom. The topological polar surface area (TPSA) is 11.4 Å². The molecule has 2 heterocycles. The first-order chi connectivity index (χ1) is 12.4. The minimum atomic E-state index is -0.0827. The van der Waals surface area contributed by atoms with Crippen molar-refractivity contribution in [2.24, 2.45) is 7.05 Å². The van der Waals surface area contributed by atoms with Gasteiger partial charge in [0.25, 0.3) is 0 Å². The summed E-state index contributed by atoms with van der Waals surface area (Å²) in [6, 6.07) is 19.5. The third-order valence-electron chi connectivity index (χ3n) is 5.83. The molecule has 0 bridgehead atoms. The van der Waals surface area contributed by atoms with Crippen molar-refractivity contribution < 1.29 is 0 Å². The Morgan fingerprint density at radius 3 is 2.35 bits per heavy atom. The average molecular weight is 345 g/mol. The molecular weight excluding hydrogens is 318 g/mol. The van der Waals surface area contributed by atoms with E-state index in [1.807, 2.05) is 0 Å². The van der Waals surface area contributed by atoms with Gasteiger partial charge < -0.3 is 14.4 Å². The molecule has 3 heteroatoms. The van der Waals surface area contributed by atoms with Crippen molar-refractivity contribution in [3.05, 3.63) is 78.1 Å². The van der Waals surface area contributed by atoms with Gasteiger partial charge in [0.05, 0.1) is 5.54 Å². The number of hydrogen-bond acceptors (Lipinski definition) is 2. The fourth-order valence-corrected chi connectivity index (χ4v) is 4.37. The first-order valence-corrected chi connectivity index (χ1v) is 9.27. The summed E-state index contributed by atoms with van der Waals surface area (Å²) in [5, 5.41) is 1.28. The molecule has 2 aromatic carbocycles. The number of anilines is 1. The molecule has 0 amide bonds. The van der Waals surface area contributed by atoms with Crippen molar-refractivity contribution in [2.45, 2.75) is 39.4 Å². The molecule has 3 nitrogen and oxygen atoms in total. The summed E-state index contributed by atoms with van der Waals surface area (Å²) < 4.78 is 2.28. The third-order valence-corrected chi connectivity index (χ3v) is 5.83. The number of aromatic nitrogens is 1. The molecule has 1 aliphatic rings. The van der Waals surface area contributed by atoms with Crippen molar-refractivity contribution in [2.75, 3.05) is 4.90 Å². The minimum absolute atomic E-state index is 0.0827. The molecular formula is C23H27N3. The van der Waals surface area contributed by atoms with Crippen LogP contribution < -0.4 is 4.90 Å². The highest BCUT2D eigenvalue weighted by Gasteiger charge is 2.36. The molecule has 0 saturated carbocycles. The fraction of sp³-hybridized carbons (Fsp3) is 0.304. The van der Waals surface area contributed by atoms with Crippen molar-refractivity contribution in [1.29, 1.82) is 0 Å². The second-order valence-electron chi connectivity index (χ2n) is 7.74. The predicted molar refractivity (Wildman–Crippen MR) is 110 cm³/mol. The van der Waals surface area contributed by atoms with Crippen LogP contribution in [-0.4, -0.2) is 15.6 Å². The lowest BCUT2D eigenvalue weighted by Gasteiger charge is -2.42. The van der Waals surface area contributed by atoms with E-state index in [0.29, 0.717) is 0 Å². The van der Waals surface area contributed by atoms with Gasteiger partial charge in [-0.05, 0) is 51.0 Å². The summed E-state index contributed by atoms with van der Waals surface area (Å²) >= 11 is 0. The largest absolute Gasteiger partial charge is 0.347 e. The third kappa shape index (κ3) is 2.42. The van der Waals surface area contributed by atoms with Crippen LogP contribution in [0.2, 0.25) is 0 Å². The molecule has 0 aliphatic carbocycles. The zero-order valence-corrected chi connectivity index (χ0v) is 16.3. The summed E-state index contributed by atoms with van der Waals surface area (Å²) in [5.41, 5.74) is 3.89. The molecule has 1 aliphatic heterocycles. The summed E-state index contributed by atoms with van der Waals surface area (Å²) in [6.07, 6.45) is 4.68. The molecule has 0 saturated heterocycles. The van der Waals surface area contributed by atoms with Crippen LogP contribution in [0, 0.1) is 6.92 Å². The maximum absolute atomic E-state index is 2.45. The molecule has 26 heavy (non-hydrogen) atoms. The first kappa shape index (κ1) is 16.8. The zero-order chi connectivity index (χ0) is 18.5. The fourth-order valence-electron chi connectivity index (χ4n) is 4.37. The minimum Gasteiger partial charge on any atom is -0.347 e. The van der Waals surface area contributed by atoms with Crippen molar-refractivity contribution >= 4 is 16.7 Å². The van der Waals surface area contributed by atoms with Gasteiger partial charge in [-0.1, -0.05) is 42.5 Å². The lowest BCUT2D eigenvalue weighted by molar-refractivity contribution is 0.152. The summed E-state index contributed by atoms with van der Waals surface area (Å²) in [4.78, 5) is 4.81. The van der Waals surface area contributed by atoms with E-state index in [1.54, 1.807) is 0 Å². The molecule has 4 rings (SSSR count). The van der Waals surface area contributed by atoms with Crippen LogP contribution >= 0.6 is 0 Å². The van der Waals surface area contributed by atoms with Crippen LogP contribution in [-0.2, 0) is 12.6 Å². The number of aryl methyl sites for hydroxylation is 2. The maximum Gasteiger partial charge on any atom is 0.115 e. The zero-order valence-electron chi connectivity index (χ0n) is 16.3. The number of nitrogens with zero attached hydrogens (tertiary/aromatic N) is 3. The smallest absolute Gasteiger partial charge is 0.115 e. The van der Waals surface area contributed by atoms with Crippen LogP contribution in [0.1, 0.15) is 31.9 Å². The van der Waals surface area contributed by atoms with Gasteiger partial charge in [-0.2, -0.15) is 0 Å². The van der Waals surface area contributed by atoms with Gasteiger partial charge in [0.15, 0.2) is 0 Å². The number of para-hydroxylation sites is 1. The lowest BCUT2D eigenvalue weighted by Crippen LogP contribution is -2.46. The van der Waals surface area contributed by atoms with Crippen LogP contribution in [0.15, 0.2) is 67.0 Å². The summed E-state index contributed by atoms with van der Waals surface area (Å²) in [5.74, 6) is 1.22. The average Bonchev–Trinajstić information content (AvgIpc) is 3.16. The lowest BCUT2D eigenvalue weighted by atomic mass is 9.88. The maximum atomic E-state index is 2.45. The standard InChI is InChI=1S/C23H27N3/c1-17-10-6-8-12-20(17)23(3,4)26-15-14-25(18(26)2)22-16-19-11-7-9-13-21(19)24(22)5/h6-16,18H,1-5H3/t18-/m1/s1. The van der Waals surface area contributed by atoms with Gasteiger partial charge >= 0.3 is 0 Å². The molecule has 0 spiro atoms. The Hall–Kier alpha value is -2.68. The van der Waals surface area contributed by atoms with E-state index >= 15 is 0 Å². The van der Waals surface area contributed by atoms with E-state index in [1.165, 1.54) is 27.8 Å². The normalized spacial score (nSPS) is 17.5. The Bertz CT molecular complexity index is 980.